The zero-order valence-electron chi connectivity index (χ0n) is 15.9. The van der Waals surface area contributed by atoms with Crippen LogP contribution in [0.4, 0.5) is 5.69 Å². The quantitative estimate of drug-likeness (QED) is 0.576. The molecule has 0 atom stereocenters. The largest absolute Gasteiger partial charge is 0.370 e. The number of rotatable bonds is 6. The van der Waals surface area contributed by atoms with Gasteiger partial charge in [-0.15, -0.1) is 0 Å². The van der Waals surface area contributed by atoms with Gasteiger partial charge in [0.1, 0.15) is 6.54 Å². The zero-order valence-corrected chi connectivity index (χ0v) is 16.6. The number of piperazine rings is 1. The van der Waals surface area contributed by atoms with Crippen LogP contribution in [0.1, 0.15) is 5.56 Å². The summed E-state index contributed by atoms with van der Waals surface area (Å²) in [5, 5.41) is 3.62. The smallest absolute Gasteiger partial charge is 0.241 e. The molecule has 0 spiro atoms. The van der Waals surface area contributed by atoms with Crippen molar-refractivity contribution in [2.45, 2.75) is 6.42 Å². The van der Waals surface area contributed by atoms with Crippen LogP contribution in [-0.4, -0.2) is 56.0 Å². The van der Waals surface area contributed by atoms with Crippen molar-refractivity contribution in [3.63, 3.8) is 0 Å². The van der Waals surface area contributed by atoms with Gasteiger partial charge in [-0.05, 0) is 36.2 Å². The molecule has 3 N–H and O–H groups in total. The third-order valence-corrected chi connectivity index (χ3v) is 5.01. The molecule has 0 bridgehead atoms. The molecule has 1 aliphatic rings. The summed E-state index contributed by atoms with van der Waals surface area (Å²) in [4.78, 5) is 20.5. The molecule has 1 amide bonds. The van der Waals surface area contributed by atoms with Crippen molar-refractivity contribution in [1.29, 1.82) is 0 Å². The first-order chi connectivity index (χ1) is 13.6. The monoisotopic (exact) mass is 399 g/mol. The van der Waals surface area contributed by atoms with E-state index >= 15 is 0 Å². The van der Waals surface area contributed by atoms with Crippen LogP contribution in [-0.2, 0) is 11.2 Å². The number of amides is 1. The van der Waals surface area contributed by atoms with Crippen LogP contribution in [0.3, 0.4) is 0 Å². The van der Waals surface area contributed by atoms with Crippen LogP contribution in [0.5, 0.6) is 0 Å². The van der Waals surface area contributed by atoms with E-state index in [9.17, 15) is 4.79 Å². The maximum absolute atomic E-state index is 12.0. The molecule has 1 fully saturated rings. The molecule has 1 aliphatic heterocycles. The second-order valence-electron chi connectivity index (χ2n) is 6.71. The van der Waals surface area contributed by atoms with Crippen molar-refractivity contribution >= 4 is 29.2 Å². The fourth-order valence-corrected chi connectivity index (χ4v) is 3.27. The number of carbonyl (C=O) groups is 1. The fourth-order valence-electron chi connectivity index (χ4n) is 3.15. The molecule has 0 unspecified atom stereocenters. The first-order valence-corrected chi connectivity index (χ1v) is 9.85. The van der Waals surface area contributed by atoms with E-state index in [4.69, 9.17) is 17.3 Å². The second kappa shape index (κ2) is 9.99. The molecular weight excluding hydrogens is 374 g/mol. The summed E-state index contributed by atoms with van der Waals surface area (Å²) in [6.07, 6.45) is 0.804. The molecule has 0 radical (unpaired) electrons. The summed E-state index contributed by atoms with van der Waals surface area (Å²) >= 11 is 5.95. The molecule has 0 aromatic heterocycles. The SMILES string of the molecule is NC(=NCC(=O)NCCc1ccccc1)N1CCN(c2ccc(Cl)cc2)CC1. The minimum atomic E-state index is -0.112. The number of nitrogens with two attached hydrogens (primary N) is 1. The Balaban J connectivity index is 1.39. The summed E-state index contributed by atoms with van der Waals surface area (Å²) < 4.78 is 0. The molecule has 3 rings (SSSR count). The maximum Gasteiger partial charge on any atom is 0.241 e. The van der Waals surface area contributed by atoms with Crippen molar-refractivity contribution in [3.8, 4) is 0 Å². The van der Waals surface area contributed by atoms with Crippen LogP contribution in [0.25, 0.3) is 0 Å². The zero-order chi connectivity index (χ0) is 19.8. The van der Waals surface area contributed by atoms with E-state index in [1.165, 1.54) is 5.56 Å². The lowest BCUT2D eigenvalue weighted by molar-refractivity contribution is -0.119. The maximum atomic E-state index is 12.0. The fraction of sp³-hybridized carbons (Fsp3) is 0.333. The van der Waals surface area contributed by atoms with Gasteiger partial charge >= 0.3 is 0 Å². The van der Waals surface area contributed by atoms with Gasteiger partial charge in [0.15, 0.2) is 5.96 Å². The van der Waals surface area contributed by atoms with Gasteiger partial charge in [0.2, 0.25) is 5.91 Å². The number of carbonyl (C=O) groups excluding carboxylic acids is 1. The second-order valence-corrected chi connectivity index (χ2v) is 7.15. The van der Waals surface area contributed by atoms with Crippen LogP contribution in [0.2, 0.25) is 5.02 Å². The van der Waals surface area contributed by atoms with E-state index in [2.05, 4.69) is 15.2 Å². The van der Waals surface area contributed by atoms with Gasteiger partial charge in [0.25, 0.3) is 0 Å². The third kappa shape index (κ3) is 5.89. The minimum absolute atomic E-state index is 0.0536. The normalized spacial score (nSPS) is 14.8. The topological polar surface area (TPSA) is 74.0 Å². The lowest BCUT2D eigenvalue weighted by Crippen LogP contribution is -2.51. The summed E-state index contributed by atoms with van der Waals surface area (Å²) in [6.45, 7) is 3.89. The van der Waals surface area contributed by atoms with Gasteiger partial charge in [-0.25, -0.2) is 4.99 Å². The molecule has 148 valence electrons. The summed E-state index contributed by atoms with van der Waals surface area (Å²) in [7, 11) is 0. The van der Waals surface area contributed by atoms with Gasteiger partial charge in [-0.2, -0.15) is 0 Å². The lowest BCUT2D eigenvalue weighted by Gasteiger charge is -2.36. The molecule has 1 heterocycles. The van der Waals surface area contributed by atoms with Gasteiger partial charge in [-0.3, -0.25) is 4.79 Å². The van der Waals surface area contributed by atoms with E-state index in [0.29, 0.717) is 12.5 Å². The Bertz CT molecular complexity index is 786. The van der Waals surface area contributed by atoms with Gasteiger partial charge in [0.05, 0.1) is 0 Å². The van der Waals surface area contributed by atoms with E-state index in [-0.39, 0.29) is 12.5 Å². The Kier molecular flexibility index (Phi) is 7.14. The number of nitrogens with one attached hydrogen (secondary N) is 1. The third-order valence-electron chi connectivity index (χ3n) is 4.76. The van der Waals surface area contributed by atoms with Crippen molar-refractivity contribution in [2.24, 2.45) is 10.7 Å². The number of guanidine groups is 1. The number of hydrogen-bond acceptors (Lipinski definition) is 3. The highest BCUT2D eigenvalue weighted by molar-refractivity contribution is 6.30. The number of hydrogen-bond donors (Lipinski definition) is 2. The molecule has 6 nitrogen and oxygen atoms in total. The lowest BCUT2D eigenvalue weighted by atomic mass is 10.1. The molecule has 0 aliphatic carbocycles. The van der Waals surface area contributed by atoms with E-state index in [1.807, 2.05) is 59.5 Å². The number of benzene rings is 2. The van der Waals surface area contributed by atoms with Crippen LogP contribution >= 0.6 is 11.6 Å². The van der Waals surface area contributed by atoms with Crippen molar-refractivity contribution in [3.05, 3.63) is 65.2 Å². The Morgan fingerprint density at radius 1 is 1.04 bits per heavy atom. The van der Waals surface area contributed by atoms with Gasteiger partial charge in [-0.1, -0.05) is 41.9 Å². The Morgan fingerprint density at radius 3 is 2.39 bits per heavy atom. The molecular formula is C21H26ClN5O. The Hall–Kier alpha value is -2.73. The number of nitrogens with zero attached hydrogens (tertiary/aromatic N) is 3. The molecule has 2 aromatic carbocycles. The highest BCUT2D eigenvalue weighted by Crippen LogP contribution is 2.19. The van der Waals surface area contributed by atoms with Gasteiger partial charge < -0.3 is 20.9 Å². The van der Waals surface area contributed by atoms with E-state index < -0.39 is 0 Å². The standard InChI is InChI=1S/C21H26ClN5O/c22-18-6-8-19(9-7-18)26-12-14-27(15-13-26)21(23)25-16-20(28)24-11-10-17-4-2-1-3-5-17/h1-9H,10-16H2,(H2,23,25)(H,24,28). The predicted molar refractivity (Wildman–Crippen MR) is 115 cm³/mol. The highest BCUT2D eigenvalue weighted by Gasteiger charge is 2.18. The molecule has 0 saturated carbocycles. The molecule has 1 saturated heterocycles. The predicted octanol–water partition coefficient (Wildman–Crippen LogP) is 2.14. The van der Waals surface area contributed by atoms with Crippen LogP contribution in [0.15, 0.2) is 59.6 Å². The van der Waals surface area contributed by atoms with Crippen molar-refractivity contribution < 1.29 is 4.79 Å². The summed E-state index contributed by atoms with van der Waals surface area (Å²) in [6, 6.07) is 17.9. The van der Waals surface area contributed by atoms with Crippen molar-refractivity contribution in [1.82, 2.24) is 10.2 Å². The van der Waals surface area contributed by atoms with E-state index in [0.717, 1.165) is 43.3 Å². The first kappa shape index (κ1) is 20.0. The van der Waals surface area contributed by atoms with Crippen LogP contribution < -0.4 is 16.0 Å². The first-order valence-electron chi connectivity index (χ1n) is 9.48. The summed E-state index contributed by atoms with van der Waals surface area (Å²) in [5.74, 6) is 0.313. The minimum Gasteiger partial charge on any atom is -0.370 e. The molecule has 28 heavy (non-hydrogen) atoms. The van der Waals surface area contributed by atoms with Crippen LogP contribution in [0, 0.1) is 0 Å². The average Bonchev–Trinajstić information content (AvgIpc) is 2.73. The van der Waals surface area contributed by atoms with E-state index in [1.54, 1.807) is 0 Å². The molecule has 7 heteroatoms. The Morgan fingerprint density at radius 2 is 1.71 bits per heavy atom. The number of aliphatic imine (C=N–C) groups is 1. The average molecular weight is 400 g/mol. The Labute approximate surface area is 171 Å². The number of halogens is 1. The van der Waals surface area contributed by atoms with Gasteiger partial charge in [0, 0.05) is 43.4 Å². The highest BCUT2D eigenvalue weighted by atomic mass is 35.5. The molecule has 2 aromatic rings. The summed E-state index contributed by atoms with van der Waals surface area (Å²) in [5.41, 5.74) is 8.43. The number of anilines is 1. The van der Waals surface area contributed by atoms with Crippen molar-refractivity contribution in [2.75, 3.05) is 44.2 Å².